The highest BCUT2D eigenvalue weighted by atomic mass is 19.1. The van der Waals surface area contributed by atoms with Gasteiger partial charge in [-0.25, -0.2) is 4.39 Å². The van der Waals surface area contributed by atoms with Crippen LogP contribution in [-0.4, -0.2) is 50.1 Å². The first kappa shape index (κ1) is 35.0. The number of hydrogen-bond donors (Lipinski definition) is 1. The molecule has 6 heteroatoms. The maximum absolute atomic E-state index is 13.6. The highest BCUT2D eigenvalue weighted by molar-refractivity contribution is 6.00. The number of ether oxygens (including phenoxy) is 1. The maximum Gasteiger partial charge on any atom is 0.127 e. The molecular formula is C36H55FN4O. The van der Waals surface area contributed by atoms with E-state index in [1.54, 1.807) is 6.07 Å². The average molecular weight is 579 g/mol. The summed E-state index contributed by atoms with van der Waals surface area (Å²) in [6.45, 7) is 22.8. The number of unbranched alkanes of at least 4 members (excludes halogenated alkanes) is 2. The summed E-state index contributed by atoms with van der Waals surface area (Å²) in [5.74, 6) is 2.00. The van der Waals surface area contributed by atoms with Crippen molar-refractivity contribution in [3.8, 4) is 5.75 Å². The monoisotopic (exact) mass is 578 g/mol. The predicted molar refractivity (Wildman–Crippen MR) is 180 cm³/mol. The molecule has 42 heavy (non-hydrogen) atoms. The standard InChI is InChI=1S/C36H55FN4O/c1-11-12-13-14-27(5)34(38-9)21-28(6)40-35(31-19-26(4)20-31)22-30(8)41(10)18-17-39-29(7)24-42-36-16-15-32(37)23-33(36)25(2)3/h15-16,21-23,26-27,31,39H,2,7,11-14,17-20,24H2,1,3-6,8-10H3/b28-21+,30-22+,38-34+,40-35+. The van der Waals surface area contributed by atoms with Gasteiger partial charge in [-0.2, -0.15) is 0 Å². The second-order valence-electron chi connectivity index (χ2n) is 12.1. The summed E-state index contributed by atoms with van der Waals surface area (Å²) < 4.78 is 19.5. The number of nitrogens with one attached hydrogen (secondary N) is 1. The van der Waals surface area contributed by atoms with Crippen LogP contribution in [0, 0.1) is 23.6 Å². The maximum atomic E-state index is 13.6. The predicted octanol–water partition coefficient (Wildman–Crippen LogP) is 8.85. The van der Waals surface area contributed by atoms with Crippen molar-refractivity contribution in [2.45, 2.75) is 80.1 Å². The minimum absolute atomic E-state index is 0.299. The number of allylic oxidation sites excluding steroid dienone is 5. The molecule has 0 radical (unpaired) electrons. The van der Waals surface area contributed by atoms with E-state index in [2.05, 4.69) is 82.2 Å². The Morgan fingerprint density at radius 3 is 2.52 bits per heavy atom. The van der Waals surface area contributed by atoms with Crippen LogP contribution in [0.1, 0.15) is 85.6 Å². The second-order valence-corrected chi connectivity index (χ2v) is 12.1. The fourth-order valence-corrected chi connectivity index (χ4v) is 5.19. The number of hydrogen-bond acceptors (Lipinski definition) is 5. The van der Waals surface area contributed by atoms with E-state index in [4.69, 9.17) is 9.73 Å². The number of benzene rings is 1. The molecule has 0 saturated heterocycles. The van der Waals surface area contributed by atoms with Crippen molar-refractivity contribution in [3.05, 3.63) is 72.0 Å². The van der Waals surface area contributed by atoms with Crippen LogP contribution < -0.4 is 10.1 Å². The van der Waals surface area contributed by atoms with E-state index in [0.29, 0.717) is 29.8 Å². The van der Waals surface area contributed by atoms with Gasteiger partial charge in [0.05, 0.1) is 0 Å². The van der Waals surface area contributed by atoms with Crippen molar-refractivity contribution in [1.82, 2.24) is 10.2 Å². The molecule has 0 spiro atoms. The Kier molecular flexibility index (Phi) is 14.8. The molecule has 1 aliphatic carbocycles. The largest absolute Gasteiger partial charge is 0.487 e. The summed E-state index contributed by atoms with van der Waals surface area (Å²) in [5.41, 5.74) is 6.70. The number of halogens is 1. The third-order valence-corrected chi connectivity index (χ3v) is 8.04. The van der Waals surface area contributed by atoms with Gasteiger partial charge in [0, 0.05) is 67.2 Å². The lowest BCUT2D eigenvalue weighted by molar-refractivity contribution is 0.282. The fraction of sp³-hybridized carbons (Fsp3) is 0.556. The molecule has 1 aromatic carbocycles. The van der Waals surface area contributed by atoms with Gasteiger partial charge in [-0.15, -0.1) is 0 Å². The first-order chi connectivity index (χ1) is 19.9. The molecule has 1 fully saturated rings. The zero-order valence-electron chi connectivity index (χ0n) is 27.5. The topological polar surface area (TPSA) is 49.2 Å². The molecule has 0 amide bonds. The molecule has 1 N–H and O–H groups in total. The lowest BCUT2D eigenvalue weighted by Gasteiger charge is -2.33. The SMILES string of the molecule is C=C(COc1ccc(F)cc1C(=C)C)NCCN(C)/C(C)=C/C(=N\C(C)=C\C(=N/C)C(C)CCCCC)C1CC(C)C1. The smallest absolute Gasteiger partial charge is 0.127 e. The number of rotatable bonds is 18. The molecule has 5 nitrogen and oxygen atoms in total. The van der Waals surface area contributed by atoms with Crippen LogP contribution in [0.4, 0.5) is 4.39 Å². The quantitative estimate of drug-likeness (QED) is 0.140. The van der Waals surface area contributed by atoms with E-state index in [1.165, 1.54) is 62.1 Å². The van der Waals surface area contributed by atoms with Crippen molar-refractivity contribution in [2.75, 3.05) is 33.8 Å². The highest BCUT2D eigenvalue weighted by Crippen LogP contribution is 2.35. The molecule has 1 aliphatic rings. The Morgan fingerprint density at radius 1 is 1.19 bits per heavy atom. The molecule has 0 aliphatic heterocycles. The Morgan fingerprint density at radius 2 is 1.90 bits per heavy atom. The van der Waals surface area contributed by atoms with E-state index >= 15 is 0 Å². The van der Waals surface area contributed by atoms with Gasteiger partial charge >= 0.3 is 0 Å². The molecule has 1 atom stereocenters. The van der Waals surface area contributed by atoms with Crippen molar-refractivity contribution in [3.63, 3.8) is 0 Å². The van der Waals surface area contributed by atoms with Gasteiger partial charge in [-0.05, 0) is 87.8 Å². The Bertz CT molecular complexity index is 1170. The summed E-state index contributed by atoms with van der Waals surface area (Å²) in [4.78, 5) is 12.0. The minimum atomic E-state index is -0.304. The molecule has 0 bridgehead atoms. The minimum Gasteiger partial charge on any atom is -0.487 e. The van der Waals surface area contributed by atoms with E-state index in [-0.39, 0.29) is 5.82 Å². The van der Waals surface area contributed by atoms with Crippen molar-refractivity contribution in [1.29, 1.82) is 0 Å². The number of nitrogens with zero attached hydrogens (tertiary/aromatic N) is 3. The normalized spacial score (nSPS) is 18.8. The Balaban J connectivity index is 1.99. The van der Waals surface area contributed by atoms with Gasteiger partial charge in [-0.1, -0.05) is 53.2 Å². The van der Waals surface area contributed by atoms with Crippen molar-refractivity contribution >= 4 is 17.0 Å². The first-order valence-corrected chi connectivity index (χ1v) is 15.6. The van der Waals surface area contributed by atoms with Gasteiger partial charge in [0.2, 0.25) is 0 Å². The van der Waals surface area contributed by atoms with Crippen LogP contribution in [0.15, 0.2) is 70.6 Å². The van der Waals surface area contributed by atoms with Gasteiger partial charge in [0.1, 0.15) is 18.2 Å². The van der Waals surface area contributed by atoms with Crippen molar-refractivity contribution in [2.24, 2.45) is 27.7 Å². The zero-order valence-corrected chi connectivity index (χ0v) is 27.5. The van der Waals surface area contributed by atoms with Gasteiger partial charge < -0.3 is 15.0 Å². The van der Waals surface area contributed by atoms with Gasteiger partial charge in [0.15, 0.2) is 0 Å². The van der Waals surface area contributed by atoms with Crippen LogP contribution in [0.3, 0.4) is 0 Å². The van der Waals surface area contributed by atoms with Crippen LogP contribution >= 0.6 is 0 Å². The molecule has 0 heterocycles. The first-order valence-electron chi connectivity index (χ1n) is 15.6. The third kappa shape index (κ3) is 11.6. The van der Waals surface area contributed by atoms with Crippen LogP contribution in [0.25, 0.3) is 5.57 Å². The number of likely N-dealkylation sites (N-methyl/N-ethyl adjacent to an activating group) is 1. The van der Waals surface area contributed by atoms with Crippen LogP contribution in [0.5, 0.6) is 5.75 Å². The fourth-order valence-electron chi connectivity index (χ4n) is 5.19. The summed E-state index contributed by atoms with van der Waals surface area (Å²) in [5, 5.41) is 3.35. The Hall–Kier alpha value is -3.15. The van der Waals surface area contributed by atoms with Gasteiger partial charge in [-0.3, -0.25) is 9.98 Å². The van der Waals surface area contributed by atoms with Crippen LogP contribution in [0.2, 0.25) is 0 Å². The lowest BCUT2D eigenvalue weighted by Crippen LogP contribution is -2.31. The Labute approximate surface area is 255 Å². The van der Waals surface area contributed by atoms with E-state index in [0.717, 1.165) is 41.7 Å². The summed E-state index contributed by atoms with van der Waals surface area (Å²) in [7, 11) is 4.00. The zero-order chi connectivity index (χ0) is 31.2. The van der Waals surface area contributed by atoms with E-state index < -0.39 is 0 Å². The summed E-state index contributed by atoms with van der Waals surface area (Å²) in [6, 6.07) is 4.48. The van der Waals surface area contributed by atoms with Crippen LogP contribution in [-0.2, 0) is 0 Å². The molecule has 1 saturated carbocycles. The molecule has 0 aromatic heterocycles. The molecule has 232 valence electrons. The van der Waals surface area contributed by atoms with E-state index in [9.17, 15) is 4.39 Å². The summed E-state index contributed by atoms with van der Waals surface area (Å²) in [6.07, 6.45) is 11.7. The van der Waals surface area contributed by atoms with Gasteiger partial charge in [0.25, 0.3) is 0 Å². The second kappa shape index (κ2) is 17.7. The molecule has 1 unspecified atom stereocenters. The summed E-state index contributed by atoms with van der Waals surface area (Å²) >= 11 is 0. The number of aliphatic imine (C=N–C) groups is 2. The molecule has 2 rings (SSSR count). The average Bonchev–Trinajstić information content (AvgIpc) is 2.92. The molecule has 1 aromatic rings. The lowest BCUT2D eigenvalue weighted by atomic mass is 9.73. The highest BCUT2D eigenvalue weighted by Gasteiger charge is 2.29. The van der Waals surface area contributed by atoms with E-state index in [1.807, 2.05) is 14.0 Å². The van der Waals surface area contributed by atoms with Crippen molar-refractivity contribution < 1.29 is 9.13 Å². The third-order valence-electron chi connectivity index (χ3n) is 8.04. The molecular weight excluding hydrogens is 523 g/mol.